The number of nitrogens with zero attached hydrogens (tertiary/aromatic N) is 2. The Morgan fingerprint density at radius 3 is 2.46 bits per heavy atom. The summed E-state index contributed by atoms with van der Waals surface area (Å²) in [4.78, 5) is 12.1. The number of amides is 1. The molecule has 0 bridgehead atoms. The fourth-order valence-electron chi connectivity index (χ4n) is 2.67. The van der Waals surface area contributed by atoms with Gasteiger partial charge in [-0.05, 0) is 23.8 Å². The summed E-state index contributed by atoms with van der Waals surface area (Å²) in [5.74, 6) is -1.18. The molecule has 9 heteroatoms. The number of nitrogens with one attached hydrogen (secondary N) is 1. The zero-order valence-electron chi connectivity index (χ0n) is 13.7. The van der Waals surface area contributed by atoms with E-state index in [2.05, 4.69) is 5.32 Å². The first kappa shape index (κ1) is 18.8. The highest BCUT2D eigenvalue weighted by Gasteiger charge is 2.37. The van der Waals surface area contributed by atoms with Crippen LogP contribution in [0.1, 0.15) is 5.56 Å². The van der Waals surface area contributed by atoms with Gasteiger partial charge in [-0.25, -0.2) is 4.39 Å². The van der Waals surface area contributed by atoms with E-state index >= 15 is 0 Å². The summed E-state index contributed by atoms with van der Waals surface area (Å²) in [5, 5.41) is 2.87. The number of halogens is 2. The van der Waals surface area contributed by atoms with Gasteiger partial charge in [-0.2, -0.15) is 17.0 Å². The monoisotopic (exact) mass is 397 g/mol. The molecule has 26 heavy (non-hydrogen) atoms. The summed E-state index contributed by atoms with van der Waals surface area (Å²) in [6.07, 6.45) is 0. The SMILES string of the molecule is O=C(CN1CCN(Cc2ccccc2Cl)S1(=O)=O)Nc1ccccc1F. The normalized spacial score (nSPS) is 17.3. The van der Waals surface area contributed by atoms with Crippen molar-refractivity contribution in [3.63, 3.8) is 0 Å². The van der Waals surface area contributed by atoms with Gasteiger partial charge < -0.3 is 5.32 Å². The molecule has 0 spiro atoms. The van der Waals surface area contributed by atoms with E-state index in [9.17, 15) is 17.6 Å². The number of anilines is 1. The van der Waals surface area contributed by atoms with Crippen molar-refractivity contribution in [2.45, 2.75) is 6.54 Å². The van der Waals surface area contributed by atoms with Crippen LogP contribution in [0, 0.1) is 5.82 Å². The Hall–Kier alpha value is -2.00. The summed E-state index contributed by atoms with van der Waals surface area (Å²) >= 11 is 6.09. The summed E-state index contributed by atoms with van der Waals surface area (Å²) in [6.45, 7) is 0.182. The topological polar surface area (TPSA) is 69.7 Å². The number of carbonyl (C=O) groups excluding carboxylic acids is 1. The van der Waals surface area contributed by atoms with Crippen LogP contribution in [0.4, 0.5) is 10.1 Å². The predicted molar refractivity (Wildman–Crippen MR) is 97.4 cm³/mol. The molecule has 0 saturated carbocycles. The molecule has 1 fully saturated rings. The second-order valence-electron chi connectivity index (χ2n) is 5.79. The van der Waals surface area contributed by atoms with Gasteiger partial charge in [0.25, 0.3) is 10.2 Å². The smallest absolute Gasteiger partial charge is 0.282 e. The molecule has 3 rings (SSSR count). The maximum absolute atomic E-state index is 13.6. The van der Waals surface area contributed by atoms with Gasteiger partial charge in [-0.3, -0.25) is 4.79 Å². The minimum absolute atomic E-state index is 0.0158. The number of hydrogen-bond acceptors (Lipinski definition) is 3. The first-order valence-corrected chi connectivity index (χ1v) is 9.68. The maximum atomic E-state index is 13.6. The van der Waals surface area contributed by atoms with Gasteiger partial charge in [0.15, 0.2) is 0 Å². The van der Waals surface area contributed by atoms with Crippen molar-refractivity contribution in [3.05, 3.63) is 64.9 Å². The average molecular weight is 398 g/mol. The largest absolute Gasteiger partial charge is 0.322 e. The van der Waals surface area contributed by atoms with Gasteiger partial charge in [-0.1, -0.05) is 41.9 Å². The Morgan fingerprint density at radius 1 is 1.08 bits per heavy atom. The summed E-state index contributed by atoms with van der Waals surface area (Å²) < 4.78 is 41.2. The summed E-state index contributed by atoms with van der Waals surface area (Å²) in [6, 6.07) is 12.7. The molecule has 0 aliphatic carbocycles. The highest BCUT2D eigenvalue weighted by atomic mass is 35.5. The van der Waals surface area contributed by atoms with Gasteiger partial charge in [0, 0.05) is 24.7 Å². The van der Waals surface area contributed by atoms with Crippen LogP contribution in [-0.2, 0) is 21.5 Å². The Kier molecular flexibility index (Phi) is 5.57. The molecule has 1 amide bonds. The standard InChI is InChI=1S/C17H17ClFN3O3S/c18-14-6-2-1-5-13(14)11-21-9-10-22(26(21,24)25)12-17(23)20-16-8-4-3-7-15(16)19/h1-8H,9-12H2,(H,20,23). The molecule has 1 saturated heterocycles. The summed E-state index contributed by atoms with van der Waals surface area (Å²) in [7, 11) is -3.79. The first-order chi connectivity index (χ1) is 12.4. The van der Waals surface area contributed by atoms with E-state index in [1.807, 2.05) is 0 Å². The van der Waals surface area contributed by atoms with E-state index < -0.39 is 21.9 Å². The lowest BCUT2D eigenvalue weighted by atomic mass is 10.2. The zero-order chi connectivity index (χ0) is 18.7. The van der Waals surface area contributed by atoms with Crippen LogP contribution in [0.15, 0.2) is 48.5 Å². The second kappa shape index (κ2) is 7.71. The molecule has 6 nitrogen and oxygen atoms in total. The minimum atomic E-state index is -3.79. The quantitative estimate of drug-likeness (QED) is 0.842. The number of para-hydroxylation sites is 1. The minimum Gasteiger partial charge on any atom is -0.322 e. The molecule has 2 aromatic carbocycles. The van der Waals surface area contributed by atoms with Crippen molar-refractivity contribution < 1.29 is 17.6 Å². The average Bonchev–Trinajstić information content (AvgIpc) is 2.86. The van der Waals surface area contributed by atoms with E-state index in [-0.39, 0.29) is 31.9 Å². The van der Waals surface area contributed by atoms with E-state index in [4.69, 9.17) is 11.6 Å². The van der Waals surface area contributed by atoms with E-state index in [1.54, 1.807) is 30.3 Å². The van der Waals surface area contributed by atoms with E-state index in [0.717, 1.165) is 4.31 Å². The van der Waals surface area contributed by atoms with Gasteiger partial charge >= 0.3 is 0 Å². The van der Waals surface area contributed by atoms with Crippen molar-refractivity contribution >= 4 is 33.4 Å². The van der Waals surface area contributed by atoms with Gasteiger partial charge in [0.1, 0.15) is 5.82 Å². The lowest BCUT2D eigenvalue weighted by Gasteiger charge is -2.19. The fraction of sp³-hybridized carbons (Fsp3) is 0.235. The van der Waals surface area contributed by atoms with Crippen LogP contribution >= 0.6 is 11.6 Å². The number of hydrogen-bond donors (Lipinski definition) is 1. The fourth-order valence-corrected chi connectivity index (χ4v) is 4.40. The molecule has 1 heterocycles. The molecule has 0 unspecified atom stereocenters. The van der Waals surface area contributed by atoms with Crippen LogP contribution in [0.2, 0.25) is 5.02 Å². The zero-order valence-corrected chi connectivity index (χ0v) is 15.3. The third-order valence-electron chi connectivity index (χ3n) is 4.02. The molecular weight excluding hydrogens is 381 g/mol. The third kappa shape index (κ3) is 4.04. The Bertz CT molecular complexity index is 923. The lowest BCUT2D eigenvalue weighted by molar-refractivity contribution is -0.116. The molecule has 1 N–H and O–H groups in total. The predicted octanol–water partition coefficient (Wildman–Crippen LogP) is 2.48. The highest BCUT2D eigenvalue weighted by molar-refractivity contribution is 7.87. The first-order valence-electron chi connectivity index (χ1n) is 7.91. The van der Waals surface area contributed by atoms with Gasteiger partial charge in [-0.15, -0.1) is 0 Å². The molecule has 0 radical (unpaired) electrons. The second-order valence-corrected chi connectivity index (χ2v) is 8.13. The van der Waals surface area contributed by atoms with E-state index in [0.29, 0.717) is 10.6 Å². The Morgan fingerprint density at radius 2 is 1.73 bits per heavy atom. The molecule has 0 aromatic heterocycles. The van der Waals surface area contributed by atoms with Crippen LogP contribution in [-0.4, -0.2) is 42.6 Å². The lowest BCUT2D eigenvalue weighted by Crippen LogP contribution is -2.38. The molecule has 0 atom stereocenters. The number of carbonyl (C=O) groups is 1. The number of rotatable bonds is 5. The Balaban J connectivity index is 1.66. The van der Waals surface area contributed by atoms with Crippen molar-refractivity contribution in [1.29, 1.82) is 0 Å². The van der Waals surface area contributed by atoms with E-state index in [1.165, 1.54) is 22.5 Å². The van der Waals surface area contributed by atoms with Crippen molar-refractivity contribution in [2.24, 2.45) is 0 Å². The van der Waals surface area contributed by atoms with Crippen LogP contribution in [0.3, 0.4) is 0 Å². The molecule has 1 aliphatic rings. The van der Waals surface area contributed by atoms with Gasteiger partial charge in [0.2, 0.25) is 5.91 Å². The van der Waals surface area contributed by atoms with Crippen molar-refractivity contribution in [2.75, 3.05) is 25.0 Å². The van der Waals surface area contributed by atoms with Crippen LogP contribution < -0.4 is 5.32 Å². The molecule has 1 aliphatic heterocycles. The Labute approximate surface area is 156 Å². The van der Waals surface area contributed by atoms with Crippen molar-refractivity contribution in [3.8, 4) is 0 Å². The van der Waals surface area contributed by atoms with Crippen LogP contribution in [0.25, 0.3) is 0 Å². The third-order valence-corrected chi connectivity index (χ3v) is 6.32. The molecule has 138 valence electrons. The summed E-state index contributed by atoms with van der Waals surface area (Å²) in [5.41, 5.74) is 0.706. The highest BCUT2D eigenvalue weighted by Crippen LogP contribution is 2.23. The molecule has 2 aromatic rings. The molecular formula is C17H17ClFN3O3S. The van der Waals surface area contributed by atoms with Gasteiger partial charge in [0.05, 0.1) is 12.2 Å². The van der Waals surface area contributed by atoms with Crippen molar-refractivity contribution in [1.82, 2.24) is 8.61 Å². The van der Waals surface area contributed by atoms with Crippen LogP contribution in [0.5, 0.6) is 0 Å². The maximum Gasteiger partial charge on any atom is 0.282 e. The number of benzene rings is 2.